The van der Waals surface area contributed by atoms with Crippen molar-refractivity contribution in [3.05, 3.63) is 36.0 Å². The number of carbonyl (C=O) groups excluding carboxylic acids is 1. The van der Waals surface area contributed by atoms with Gasteiger partial charge in [0.25, 0.3) is 0 Å². The minimum Gasteiger partial charge on any atom is -0.299 e. The normalized spacial score (nSPS) is 15.2. The van der Waals surface area contributed by atoms with Gasteiger partial charge in [0.15, 0.2) is 0 Å². The Bertz CT molecular complexity index is 234. The van der Waals surface area contributed by atoms with Crippen LogP contribution in [0.25, 0.3) is 0 Å². The summed E-state index contributed by atoms with van der Waals surface area (Å²) < 4.78 is 0. The summed E-state index contributed by atoms with van der Waals surface area (Å²) in [7, 11) is 0. The smallest absolute Gasteiger partial charge is 0.142 e. The van der Waals surface area contributed by atoms with Crippen LogP contribution in [0.1, 0.15) is 33.6 Å². The lowest BCUT2D eigenvalue weighted by atomic mass is 9.97. The maximum atomic E-state index is 10.1. The van der Waals surface area contributed by atoms with E-state index >= 15 is 0 Å². The lowest BCUT2D eigenvalue weighted by Crippen LogP contribution is -1.94. The molecule has 0 bridgehead atoms. The molecule has 14 heavy (non-hydrogen) atoms. The van der Waals surface area contributed by atoms with Gasteiger partial charge in [-0.1, -0.05) is 45.1 Å². The Labute approximate surface area is 87.2 Å². The predicted molar refractivity (Wildman–Crippen MR) is 62.2 cm³/mol. The van der Waals surface area contributed by atoms with Crippen molar-refractivity contribution in [1.29, 1.82) is 0 Å². The summed E-state index contributed by atoms with van der Waals surface area (Å²) in [5, 5.41) is 0. The molecule has 1 heteroatoms. The number of hydrogen-bond acceptors (Lipinski definition) is 1. The van der Waals surface area contributed by atoms with E-state index in [1.807, 2.05) is 6.08 Å². The van der Waals surface area contributed by atoms with Crippen LogP contribution in [0.3, 0.4) is 0 Å². The standard InChI is InChI=1S/C13H20O/c1-4-6-9-13(12(3)5-2)10-7-8-11-14/h6-12H,4-5H2,1-3H3/b8-7+,9-6-,13-10+. The van der Waals surface area contributed by atoms with Gasteiger partial charge >= 0.3 is 0 Å². The van der Waals surface area contributed by atoms with Crippen molar-refractivity contribution < 1.29 is 4.79 Å². The highest BCUT2D eigenvalue weighted by Crippen LogP contribution is 2.15. The molecule has 1 nitrogen and oxygen atoms in total. The SMILES string of the molecule is CC\C=C/C(=C\C=C\C=O)C(C)CC. The van der Waals surface area contributed by atoms with E-state index in [2.05, 4.69) is 32.9 Å². The van der Waals surface area contributed by atoms with Crippen LogP contribution in [0.5, 0.6) is 0 Å². The molecule has 0 N–H and O–H groups in total. The van der Waals surface area contributed by atoms with Crippen LogP contribution in [-0.2, 0) is 4.79 Å². The molecule has 0 aliphatic carbocycles. The average molecular weight is 192 g/mol. The Morgan fingerprint density at radius 1 is 1.29 bits per heavy atom. The Hall–Kier alpha value is -1.11. The zero-order chi connectivity index (χ0) is 10.8. The van der Waals surface area contributed by atoms with Crippen molar-refractivity contribution in [3.63, 3.8) is 0 Å². The Balaban J connectivity index is 4.52. The van der Waals surface area contributed by atoms with Crippen LogP contribution < -0.4 is 0 Å². The number of rotatable bonds is 6. The molecule has 0 saturated carbocycles. The maximum absolute atomic E-state index is 10.1. The predicted octanol–water partition coefficient (Wildman–Crippen LogP) is 3.68. The molecular weight excluding hydrogens is 172 g/mol. The first kappa shape index (κ1) is 12.9. The highest BCUT2D eigenvalue weighted by atomic mass is 16.1. The van der Waals surface area contributed by atoms with Crippen molar-refractivity contribution >= 4 is 6.29 Å². The van der Waals surface area contributed by atoms with Crippen molar-refractivity contribution in [2.75, 3.05) is 0 Å². The zero-order valence-corrected chi connectivity index (χ0v) is 9.36. The molecule has 0 aromatic heterocycles. The van der Waals surface area contributed by atoms with E-state index < -0.39 is 0 Å². The molecule has 0 saturated heterocycles. The number of allylic oxidation sites excluding steroid dienone is 6. The molecule has 0 spiro atoms. The summed E-state index contributed by atoms with van der Waals surface area (Å²) in [4.78, 5) is 10.1. The van der Waals surface area contributed by atoms with Crippen molar-refractivity contribution in [2.45, 2.75) is 33.6 Å². The van der Waals surface area contributed by atoms with E-state index in [1.54, 1.807) is 6.08 Å². The molecule has 0 aromatic carbocycles. The second kappa shape index (κ2) is 8.49. The van der Waals surface area contributed by atoms with E-state index in [-0.39, 0.29) is 0 Å². The quantitative estimate of drug-likeness (QED) is 0.356. The monoisotopic (exact) mass is 192 g/mol. The van der Waals surface area contributed by atoms with Gasteiger partial charge in [-0.2, -0.15) is 0 Å². The molecule has 0 fully saturated rings. The van der Waals surface area contributed by atoms with Crippen LogP contribution in [-0.4, -0.2) is 6.29 Å². The van der Waals surface area contributed by atoms with Crippen LogP contribution in [0.15, 0.2) is 36.0 Å². The molecule has 0 heterocycles. The number of aldehydes is 1. The Kier molecular flexibility index (Phi) is 7.81. The maximum Gasteiger partial charge on any atom is 0.142 e. The highest BCUT2D eigenvalue weighted by molar-refractivity contribution is 5.65. The summed E-state index contributed by atoms with van der Waals surface area (Å²) in [5.41, 5.74) is 1.28. The molecular formula is C13H20O. The second-order valence-corrected chi connectivity index (χ2v) is 3.31. The fraction of sp³-hybridized carbons (Fsp3) is 0.462. The van der Waals surface area contributed by atoms with Gasteiger partial charge in [-0.15, -0.1) is 0 Å². The largest absolute Gasteiger partial charge is 0.299 e. The first-order chi connectivity index (χ1) is 6.76. The summed E-state index contributed by atoms with van der Waals surface area (Å²) in [6.07, 6.45) is 12.6. The number of hydrogen-bond donors (Lipinski definition) is 0. The zero-order valence-electron chi connectivity index (χ0n) is 9.36. The Morgan fingerprint density at radius 2 is 2.00 bits per heavy atom. The molecule has 78 valence electrons. The fourth-order valence-electron chi connectivity index (χ4n) is 1.09. The molecule has 0 radical (unpaired) electrons. The van der Waals surface area contributed by atoms with E-state index in [1.165, 1.54) is 11.6 Å². The van der Waals surface area contributed by atoms with E-state index in [9.17, 15) is 4.79 Å². The summed E-state index contributed by atoms with van der Waals surface area (Å²) in [5.74, 6) is 0.550. The molecule has 0 rings (SSSR count). The summed E-state index contributed by atoms with van der Waals surface area (Å²) in [6, 6.07) is 0. The number of carbonyl (C=O) groups is 1. The van der Waals surface area contributed by atoms with E-state index in [0.717, 1.165) is 19.1 Å². The van der Waals surface area contributed by atoms with Gasteiger partial charge in [0.05, 0.1) is 0 Å². The van der Waals surface area contributed by atoms with Gasteiger partial charge in [0, 0.05) is 0 Å². The van der Waals surface area contributed by atoms with Crippen molar-refractivity contribution in [2.24, 2.45) is 5.92 Å². The van der Waals surface area contributed by atoms with Gasteiger partial charge in [-0.25, -0.2) is 0 Å². The van der Waals surface area contributed by atoms with Gasteiger partial charge in [-0.05, 0) is 30.4 Å². The third kappa shape index (κ3) is 5.52. The van der Waals surface area contributed by atoms with Gasteiger partial charge in [-0.3, -0.25) is 4.79 Å². The molecule has 0 aliphatic rings. The van der Waals surface area contributed by atoms with Crippen LogP contribution in [0.2, 0.25) is 0 Å². The van der Waals surface area contributed by atoms with E-state index in [0.29, 0.717) is 5.92 Å². The lowest BCUT2D eigenvalue weighted by Gasteiger charge is -2.08. The van der Waals surface area contributed by atoms with Crippen molar-refractivity contribution in [3.8, 4) is 0 Å². The minimum absolute atomic E-state index is 0.550. The second-order valence-electron chi connectivity index (χ2n) is 3.31. The molecule has 0 aliphatic heterocycles. The average Bonchev–Trinajstić information content (AvgIpc) is 2.22. The van der Waals surface area contributed by atoms with Crippen LogP contribution in [0.4, 0.5) is 0 Å². The van der Waals surface area contributed by atoms with Gasteiger partial charge < -0.3 is 0 Å². The van der Waals surface area contributed by atoms with Gasteiger partial charge in [0.2, 0.25) is 0 Å². The Morgan fingerprint density at radius 3 is 2.50 bits per heavy atom. The van der Waals surface area contributed by atoms with E-state index in [4.69, 9.17) is 0 Å². The molecule has 1 atom stereocenters. The van der Waals surface area contributed by atoms with Crippen LogP contribution >= 0.6 is 0 Å². The summed E-state index contributed by atoms with van der Waals surface area (Å²) >= 11 is 0. The molecule has 0 aromatic rings. The highest BCUT2D eigenvalue weighted by Gasteiger charge is 2.00. The molecule has 1 unspecified atom stereocenters. The topological polar surface area (TPSA) is 17.1 Å². The fourth-order valence-corrected chi connectivity index (χ4v) is 1.09. The first-order valence-corrected chi connectivity index (χ1v) is 5.24. The summed E-state index contributed by atoms with van der Waals surface area (Å²) in [6.45, 7) is 6.48. The lowest BCUT2D eigenvalue weighted by molar-refractivity contribution is -0.104. The van der Waals surface area contributed by atoms with Crippen molar-refractivity contribution in [1.82, 2.24) is 0 Å². The van der Waals surface area contributed by atoms with Crippen LogP contribution in [0, 0.1) is 5.92 Å². The minimum atomic E-state index is 0.550. The first-order valence-electron chi connectivity index (χ1n) is 5.24. The molecule has 0 amide bonds. The van der Waals surface area contributed by atoms with Gasteiger partial charge in [0.1, 0.15) is 6.29 Å². The third-order valence-electron chi connectivity index (χ3n) is 2.21. The third-order valence-corrected chi connectivity index (χ3v) is 2.21.